The summed E-state index contributed by atoms with van der Waals surface area (Å²) in [6, 6.07) is 0. The van der Waals surface area contributed by atoms with Gasteiger partial charge in [-0.3, -0.25) is 4.68 Å². The van der Waals surface area contributed by atoms with Crippen LogP contribution in [-0.4, -0.2) is 27.7 Å². The van der Waals surface area contributed by atoms with E-state index in [0.717, 1.165) is 5.56 Å². The zero-order chi connectivity index (χ0) is 13.3. The van der Waals surface area contributed by atoms with Gasteiger partial charge < -0.3 is 4.57 Å². The number of halogens is 1. The number of aryl methyl sites for hydroxylation is 2. The molecule has 0 aliphatic heterocycles. The van der Waals surface area contributed by atoms with E-state index in [4.69, 9.17) is 11.6 Å². The van der Waals surface area contributed by atoms with Crippen molar-refractivity contribution >= 4 is 21.6 Å². The van der Waals surface area contributed by atoms with Crippen molar-refractivity contribution in [1.82, 2.24) is 24.1 Å². The fraction of sp³-hybridized carbons (Fsp3) is 0.333. The van der Waals surface area contributed by atoms with E-state index in [9.17, 15) is 8.42 Å². The van der Waals surface area contributed by atoms with Crippen LogP contribution in [0.3, 0.4) is 0 Å². The topological polar surface area (TPSA) is 81.8 Å². The zero-order valence-corrected chi connectivity index (χ0v) is 11.4. The molecule has 0 unspecified atom stereocenters. The Kier molecular flexibility index (Phi) is 3.42. The minimum absolute atomic E-state index is 0.0775. The number of aromatic nitrogens is 4. The van der Waals surface area contributed by atoms with Gasteiger partial charge in [-0.25, -0.2) is 18.1 Å². The van der Waals surface area contributed by atoms with Crippen molar-refractivity contribution in [2.24, 2.45) is 14.1 Å². The van der Waals surface area contributed by atoms with E-state index in [-0.39, 0.29) is 16.7 Å². The number of sulfonamides is 1. The molecule has 0 aliphatic rings. The van der Waals surface area contributed by atoms with Gasteiger partial charge in [0.15, 0.2) is 0 Å². The van der Waals surface area contributed by atoms with Gasteiger partial charge in [-0.15, -0.1) is 0 Å². The molecule has 2 aromatic heterocycles. The van der Waals surface area contributed by atoms with Crippen LogP contribution >= 0.6 is 11.6 Å². The Bertz CT molecular complexity index is 660. The largest absolute Gasteiger partial charge is 0.324 e. The normalized spacial score (nSPS) is 11.9. The summed E-state index contributed by atoms with van der Waals surface area (Å²) in [5.74, 6) is 0. The lowest BCUT2D eigenvalue weighted by Gasteiger charge is -2.03. The van der Waals surface area contributed by atoms with Crippen LogP contribution in [0.1, 0.15) is 5.56 Å². The smallest absolute Gasteiger partial charge is 0.261 e. The van der Waals surface area contributed by atoms with Crippen LogP contribution < -0.4 is 4.72 Å². The molecule has 0 bridgehead atoms. The summed E-state index contributed by atoms with van der Waals surface area (Å²) in [6.07, 6.45) is 4.66. The third kappa shape index (κ3) is 2.55. The number of rotatable bonds is 4. The lowest BCUT2D eigenvalue weighted by atomic mass is 10.4. The molecule has 18 heavy (non-hydrogen) atoms. The van der Waals surface area contributed by atoms with Crippen molar-refractivity contribution in [3.63, 3.8) is 0 Å². The maximum atomic E-state index is 11.9. The summed E-state index contributed by atoms with van der Waals surface area (Å²) in [5, 5.41) is 3.85. The SMILES string of the molecule is Cn1cc(CNS(=O)(=O)c2ncn(C)c2Cl)cn1. The van der Waals surface area contributed by atoms with E-state index in [1.54, 1.807) is 31.2 Å². The molecule has 0 aliphatic carbocycles. The second-order valence-electron chi connectivity index (χ2n) is 3.80. The molecule has 7 nitrogen and oxygen atoms in total. The molecule has 0 saturated heterocycles. The van der Waals surface area contributed by atoms with Gasteiger partial charge in [0, 0.05) is 32.4 Å². The summed E-state index contributed by atoms with van der Waals surface area (Å²) in [6.45, 7) is 0.142. The Labute approximate surface area is 109 Å². The molecule has 2 aromatic rings. The molecule has 2 heterocycles. The second kappa shape index (κ2) is 4.71. The van der Waals surface area contributed by atoms with E-state index < -0.39 is 10.0 Å². The summed E-state index contributed by atoms with van der Waals surface area (Å²) in [5.41, 5.74) is 0.758. The molecule has 2 rings (SSSR count). The number of imidazole rings is 1. The highest BCUT2D eigenvalue weighted by Gasteiger charge is 2.21. The molecule has 0 radical (unpaired) electrons. The molecule has 0 atom stereocenters. The first-order chi connectivity index (χ1) is 8.40. The van der Waals surface area contributed by atoms with Gasteiger partial charge in [-0.05, 0) is 0 Å². The average Bonchev–Trinajstić information content (AvgIpc) is 2.85. The maximum absolute atomic E-state index is 11.9. The standard InChI is InChI=1S/C9H12ClN5O2S/c1-14-6-11-9(8(14)10)18(16,17)13-4-7-3-12-15(2)5-7/h3,5-6,13H,4H2,1-2H3. The summed E-state index contributed by atoms with van der Waals surface area (Å²) < 4.78 is 29.3. The van der Waals surface area contributed by atoms with Crippen LogP contribution in [0.5, 0.6) is 0 Å². The Balaban J connectivity index is 2.15. The van der Waals surface area contributed by atoms with Gasteiger partial charge in [0.25, 0.3) is 10.0 Å². The number of hydrogen-bond acceptors (Lipinski definition) is 4. The van der Waals surface area contributed by atoms with Crippen molar-refractivity contribution in [1.29, 1.82) is 0 Å². The Morgan fingerprint density at radius 2 is 2.17 bits per heavy atom. The van der Waals surface area contributed by atoms with Crippen molar-refractivity contribution in [3.8, 4) is 0 Å². The van der Waals surface area contributed by atoms with E-state index in [1.807, 2.05) is 0 Å². The molecular weight excluding hydrogens is 278 g/mol. The first-order valence-electron chi connectivity index (χ1n) is 5.04. The summed E-state index contributed by atoms with van der Waals surface area (Å²) in [7, 11) is -0.332. The lowest BCUT2D eigenvalue weighted by molar-refractivity contribution is 0.578. The maximum Gasteiger partial charge on any atom is 0.261 e. The Morgan fingerprint density at radius 3 is 2.67 bits per heavy atom. The quantitative estimate of drug-likeness (QED) is 0.877. The molecule has 0 saturated carbocycles. The molecule has 98 valence electrons. The first-order valence-corrected chi connectivity index (χ1v) is 6.90. The molecule has 0 amide bonds. The Hall–Kier alpha value is -1.38. The second-order valence-corrected chi connectivity index (χ2v) is 5.84. The van der Waals surface area contributed by atoms with E-state index in [0.29, 0.717) is 0 Å². The molecule has 0 spiro atoms. The summed E-state index contributed by atoms with van der Waals surface area (Å²) >= 11 is 5.84. The molecule has 9 heteroatoms. The van der Waals surface area contributed by atoms with E-state index in [1.165, 1.54) is 10.9 Å². The van der Waals surface area contributed by atoms with Gasteiger partial charge in [0.05, 0.1) is 12.5 Å². The van der Waals surface area contributed by atoms with Crippen LogP contribution in [-0.2, 0) is 30.7 Å². The monoisotopic (exact) mass is 289 g/mol. The fourth-order valence-corrected chi connectivity index (χ4v) is 2.83. The molecular formula is C9H12ClN5O2S. The Morgan fingerprint density at radius 1 is 1.44 bits per heavy atom. The molecule has 1 N–H and O–H groups in total. The lowest BCUT2D eigenvalue weighted by Crippen LogP contribution is -2.23. The average molecular weight is 290 g/mol. The third-order valence-electron chi connectivity index (χ3n) is 2.31. The van der Waals surface area contributed by atoms with Crippen LogP contribution in [0.15, 0.2) is 23.7 Å². The number of hydrogen-bond donors (Lipinski definition) is 1. The van der Waals surface area contributed by atoms with E-state index in [2.05, 4.69) is 14.8 Å². The number of nitrogens with one attached hydrogen (secondary N) is 1. The van der Waals surface area contributed by atoms with Gasteiger partial charge in [-0.2, -0.15) is 5.10 Å². The fourth-order valence-electron chi connectivity index (χ4n) is 1.38. The minimum atomic E-state index is -3.71. The first kappa shape index (κ1) is 13.1. The van der Waals surface area contributed by atoms with Crippen LogP contribution in [0.2, 0.25) is 5.15 Å². The van der Waals surface area contributed by atoms with Gasteiger partial charge in [0.2, 0.25) is 5.03 Å². The van der Waals surface area contributed by atoms with Crippen molar-refractivity contribution < 1.29 is 8.42 Å². The number of nitrogens with zero attached hydrogens (tertiary/aromatic N) is 4. The predicted octanol–water partition coefficient (Wildman–Crippen LogP) is 0.285. The third-order valence-corrected chi connectivity index (χ3v) is 4.20. The highest BCUT2D eigenvalue weighted by atomic mass is 35.5. The van der Waals surface area contributed by atoms with Crippen molar-refractivity contribution in [2.75, 3.05) is 0 Å². The van der Waals surface area contributed by atoms with Crippen molar-refractivity contribution in [3.05, 3.63) is 29.4 Å². The van der Waals surface area contributed by atoms with E-state index >= 15 is 0 Å². The van der Waals surface area contributed by atoms with Crippen LogP contribution in [0.4, 0.5) is 0 Å². The zero-order valence-electron chi connectivity index (χ0n) is 9.83. The minimum Gasteiger partial charge on any atom is -0.324 e. The molecule has 0 fully saturated rings. The highest BCUT2D eigenvalue weighted by Crippen LogP contribution is 2.18. The van der Waals surface area contributed by atoms with Crippen LogP contribution in [0, 0.1) is 0 Å². The van der Waals surface area contributed by atoms with Gasteiger partial charge in [0.1, 0.15) is 5.15 Å². The van der Waals surface area contributed by atoms with Crippen molar-refractivity contribution in [2.45, 2.75) is 11.6 Å². The highest BCUT2D eigenvalue weighted by molar-refractivity contribution is 7.89. The predicted molar refractivity (Wildman–Crippen MR) is 65.5 cm³/mol. The van der Waals surface area contributed by atoms with Gasteiger partial charge in [-0.1, -0.05) is 11.6 Å². The van der Waals surface area contributed by atoms with Gasteiger partial charge >= 0.3 is 0 Å². The molecule has 0 aromatic carbocycles. The summed E-state index contributed by atoms with van der Waals surface area (Å²) in [4.78, 5) is 3.76. The van der Waals surface area contributed by atoms with Crippen LogP contribution in [0.25, 0.3) is 0 Å².